The van der Waals surface area contributed by atoms with Gasteiger partial charge >= 0.3 is 0 Å². The lowest BCUT2D eigenvalue weighted by Crippen LogP contribution is -2.01. The summed E-state index contributed by atoms with van der Waals surface area (Å²) in [5.41, 5.74) is 1.22. The number of nitrogens with zero attached hydrogens (tertiary/aromatic N) is 3. The van der Waals surface area contributed by atoms with E-state index in [1.165, 1.54) is 0 Å². The first-order valence-electron chi connectivity index (χ1n) is 5.03. The lowest BCUT2D eigenvalue weighted by Gasteiger charge is -2.07. The molecule has 0 amide bonds. The summed E-state index contributed by atoms with van der Waals surface area (Å²) >= 11 is 11.3. The van der Waals surface area contributed by atoms with Crippen LogP contribution >= 0.6 is 23.8 Å². The van der Waals surface area contributed by atoms with E-state index in [0.717, 1.165) is 12.2 Å². The highest BCUT2D eigenvalue weighted by atomic mass is 35.5. The predicted molar refractivity (Wildman–Crippen MR) is 67.9 cm³/mol. The van der Waals surface area contributed by atoms with E-state index in [-0.39, 0.29) is 0 Å². The van der Waals surface area contributed by atoms with Gasteiger partial charge in [0.05, 0.1) is 22.3 Å². The Hall–Kier alpha value is -1.64. The molecule has 1 N–H and O–H groups in total. The molecule has 0 aliphatic rings. The van der Waals surface area contributed by atoms with Gasteiger partial charge in [-0.15, -0.1) is 0 Å². The van der Waals surface area contributed by atoms with Gasteiger partial charge in [-0.25, -0.2) is 0 Å². The third kappa shape index (κ3) is 2.09. The van der Waals surface area contributed by atoms with Crippen LogP contribution < -0.4 is 0 Å². The minimum absolute atomic E-state index is 0.471. The second-order valence-electron chi connectivity index (χ2n) is 3.41. The summed E-state index contributed by atoms with van der Waals surface area (Å²) in [6.45, 7) is 1.98. The third-order valence-electron chi connectivity index (χ3n) is 2.37. The molecule has 4 nitrogen and oxygen atoms in total. The Morgan fingerprint density at radius 1 is 1.59 bits per heavy atom. The average molecular weight is 265 g/mol. The van der Waals surface area contributed by atoms with Gasteiger partial charge in [-0.3, -0.25) is 9.67 Å². The molecule has 0 aliphatic heterocycles. The number of nitriles is 1. The van der Waals surface area contributed by atoms with E-state index in [1.807, 2.05) is 6.92 Å². The molecule has 1 heterocycles. The molecular weight excluding hydrogens is 256 g/mol. The van der Waals surface area contributed by atoms with Crippen molar-refractivity contribution in [1.82, 2.24) is 14.8 Å². The largest absolute Gasteiger partial charge is 0.271 e. The van der Waals surface area contributed by atoms with E-state index in [2.05, 4.69) is 16.3 Å². The van der Waals surface area contributed by atoms with E-state index < -0.39 is 0 Å². The molecule has 0 bridgehead atoms. The van der Waals surface area contributed by atoms with Crippen LogP contribution in [0.3, 0.4) is 0 Å². The van der Waals surface area contributed by atoms with Crippen LogP contribution in [0.15, 0.2) is 18.2 Å². The molecule has 86 valence electrons. The van der Waals surface area contributed by atoms with E-state index in [0.29, 0.717) is 21.0 Å². The second-order valence-corrected chi connectivity index (χ2v) is 4.21. The van der Waals surface area contributed by atoms with Gasteiger partial charge in [-0.2, -0.15) is 10.4 Å². The van der Waals surface area contributed by atoms with Gasteiger partial charge in [0, 0.05) is 6.42 Å². The van der Waals surface area contributed by atoms with Crippen molar-refractivity contribution < 1.29 is 0 Å². The molecular formula is C11H9ClN4S. The molecule has 0 aliphatic carbocycles. The predicted octanol–water partition coefficient (Wildman–Crippen LogP) is 3.02. The topological polar surface area (TPSA) is 57.4 Å². The highest BCUT2D eigenvalue weighted by molar-refractivity contribution is 7.71. The molecule has 0 atom stereocenters. The third-order valence-corrected chi connectivity index (χ3v) is 2.97. The fraction of sp³-hybridized carbons (Fsp3) is 0.182. The molecule has 2 rings (SSSR count). The molecule has 0 spiro atoms. The smallest absolute Gasteiger partial charge is 0.199 e. The number of aromatic amines is 1. The minimum Gasteiger partial charge on any atom is -0.271 e. The van der Waals surface area contributed by atoms with Crippen molar-refractivity contribution in [2.24, 2.45) is 0 Å². The zero-order chi connectivity index (χ0) is 12.4. The first-order chi connectivity index (χ1) is 8.17. The van der Waals surface area contributed by atoms with Gasteiger partial charge < -0.3 is 0 Å². The van der Waals surface area contributed by atoms with Crippen molar-refractivity contribution >= 4 is 23.8 Å². The zero-order valence-electron chi connectivity index (χ0n) is 9.07. The van der Waals surface area contributed by atoms with Gasteiger partial charge in [0.2, 0.25) is 0 Å². The fourth-order valence-corrected chi connectivity index (χ4v) is 2.02. The summed E-state index contributed by atoms with van der Waals surface area (Å²) < 4.78 is 2.22. The zero-order valence-corrected chi connectivity index (χ0v) is 10.6. The highest BCUT2D eigenvalue weighted by Crippen LogP contribution is 2.23. The van der Waals surface area contributed by atoms with E-state index in [9.17, 15) is 0 Å². The van der Waals surface area contributed by atoms with Gasteiger partial charge in [0.25, 0.3) is 0 Å². The molecule has 0 unspecified atom stereocenters. The van der Waals surface area contributed by atoms with Crippen molar-refractivity contribution in [3.63, 3.8) is 0 Å². The van der Waals surface area contributed by atoms with Crippen molar-refractivity contribution in [2.45, 2.75) is 13.3 Å². The molecule has 6 heteroatoms. The maximum Gasteiger partial charge on any atom is 0.199 e. The van der Waals surface area contributed by atoms with Crippen LogP contribution in [0.4, 0.5) is 0 Å². The van der Waals surface area contributed by atoms with Gasteiger partial charge in [-0.05, 0) is 30.4 Å². The minimum atomic E-state index is 0.471. The summed E-state index contributed by atoms with van der Waals surface area (Å²) in [6, 6.07) is 7.13. The SMILES string of the molecule is CCc1n[nH]c(=S)n1-c1cc(C#N)ccc1Cl. The molecule has 2 aromatic rings. The number of hydrogen-bond donors (Lipinski definition) is 1. The quantitative estimate of drug-likeness (QED) is 0.849. The second kappa shape index (κ2) is 4.70. The number of benzene rings is 1. The Balaban J connectivity index is 2.72. The summed E-state index contributed by atoms with van der Waals surface area (Å²) in [5.74, 6) is 0.784. The Morgan fingerprint density at radius 2 is 2.35 bits per heavy atom. The Bertz CT molecular complexity index is 650. The Labute approximate surface area is 108 Å². The molecule has 0 saturated heterocycles. The number of nitrogens with one attached hydrogen (secondary N) is 1. The van der Waals surface area contributed by atoms with Gasteiger partial charge in [0.15, 0.2) is 4.77 Å². The number of rotatable bonds is 2. The first-order valence-corrected chi connectivity index (χ1v) is 5.82. The van der Waals surface area contributed by atoms with Crippen LogP contribution in [0.5, 0.6) is 0 Å². The molecule has 0 radical (unpaired) electrons. The van der Waals surface area contributed by atoms with Crippen LogP contribution in [0.2, 0.25) is 5.02 Å². The highest BCUT2D eigenvalue weighted by Gasteiger charge is 2.10. The van der Waals surface area contributed by atoms with E-state index in [4.69, 9.17) is 29.1 Å². The van der Waals surface area contributed by atoms with Crippen molar-refractivity contribution in [1.29, 1.82) is 5.26 Å². The van der Waals surface area contributed by atoms with Crippen LogP contribution in [0.25, 0.3) is 5.69 Å². The summed E-state index contributed by atoms with van der Waals surface area (Å²) in [5, 5.41) is 16.3. The summed E-state index contributed by atoms with van der Waals surface area (Å²) in [7, 11) is 0. The molecule has 0 fully saturated rings. The standard InChI is InChI=1S/C11H9ClN4S/c1-2-10-14-15-11(17)16(10)9-5-7(6-13)3-4-8(9)12/h3-5H,2H2,1H3,(H,15,17). The van der Waals surface area contributed by atoms with Crippen LogP contribution in [0, 0.1) is 16.1 Å². The summed E-state index contributed by atoms with van der Waals surface area (Å²) in [6.07, 6.45) is 0.722. The normalized spacial score (nSPS) is 10.2. The van der Waals surface area contributed by atoms with Crippen molar-refractivity contribution in [2.75, 3.05) is 0 Å². The number of halogens is 1. The monoisotopic (exact) mass is 264 g/mol. The average Bonchev–Trinajstić information content (AvgIpc) is 2.71. The molecule has 17 heavy (non-hydrogen) atoms. The van der Waals surface area contributed by atoms with Gasteiger partial charge in [0.1, 0.15) is 5.82 Å². The number of aromatic nitrogens is 3. The first kappa shape index (κ1) is 11.8. The molecule has 1 aromatic carbocycles. The lowest BCUT2D eigenvalue weighted by molar-refractivity contribution is 0.880. The van der Waals surface area contributed by atoms with Crippen LogP contribution in [-0.2, 0) is 6.42 Å². The van der Waals surface area contributed by atoms with E-state index >= 15 is 0 Å². The Morgan fingerprint density at radius 3 is 3.00 bits per heavy atom. The number of hydrogen-bond acceptors (Lipinski definition) is 3. The molecule has 1 aromatic heterocycles. The van der Waals surface area contributed by atoms with Crippen molar-refractivity contribution in [3.05, 3.63) is 39.4 Å². The van der Waals surface area contributed by atoms with E-state index in [1.54, 1.807) is 22.8 Å². The Kier molecular flexibility index (Phi) is 3.27. The van der Waals surface area contributed by atoms with Gasteiger partial charge in [-0.1, -0.05) is 18.5 Å². The van der Waals surface area contributed by atoms with Crippen LogP contribution in [-0.4, -0.2) is 14.8 Å². The maximum absolute atomic E-state index is 8.89. The number of H-pyrrole nitrogens is 1. The maximum atomic E-state index is 8.89. The molecule has 0 saturated carbocycles. The van der Waals surface area contributed by atoms with Crippen molar-refractivity contribution in [3.8, 4) is 11.8 Å². The van der Waals surface area contributed by atoms with Crippen LogP contribution in [0.1, 0.15) is 18.3 Å². The summed E-state index contributed by atoms with van der Waals surface area (Å²) in [4.78, 5) is 0. The number of aryl methyl sites for hydroxylation is 1. The lowest BCUT2D eigenvalue weighted by atomic mass is 10.2. The fourth-order valence-electron chi connectivity index (χ4n) is 1.57.